The molecule has 0 aliphatic carbocycles. The van der Waals surface area contributed by atoms with Crippen molar-refractivity contribution in [3.8, 4) is 0 Å². The van der Waals surface area contributed by atoms with Gasteiger partial charge in [0.1, 0.15) is 0 Å². The normalized spacial score (nSPS) is 15.3. The van der Waals surface area contributed by atoms with Crippen LogP contribution < -0.4 is 0 Å². The Morgan fingerprint density at radius 1 is 0.636 bits per heavy atom. The molecule has 0 fully saturated rings. The summed E-state index contributed by atoms with van der Waals surface area (Å²) in [5, 5.41) is 9.82. The first-order valence-electron chi connectivity index (χ1n) is 2.05. The third kappa shape index (κ3) is 3.76. The Hall–Kier alpha value is 3.32. The van der Waals surface area contributed by atoms with E-state index < -0.39 is 8.80 Å². The van der Waals surface area contributed by atoms with E-state index in [4.69, 9.17) is 0 Å². The number of hydrogen-bond donors (Lipinski definition) is 1. The van der Waals surface area contributed by atoms with Crippen molar-refractivity contribution in [1.82, 2.24) is 0 Å². The fourth-order valence-electron chi connectivity index (χ4n) is 0.161. The maximum atomic E-state index is 9.82. The molecule has 0 spiro atoms. The fraction of sp³-hybridized carbons (Fsp3) is 1.00. The molecule has 0 saturated carbocycles. The van der Waals surface area contributed by atoms with Crippen molar-refractivity contribution in [1.29, 1.82) is 0 Å². The summed E-state index contributed by atoms with van der Waals surface area (Å²) in [5.74, 6) is 0. The van der Waals surface area contributed by atoms with Gasteiger partial charge in [0.05, 0.1) is 0 Å². The molecule has 11 heavy (non-hydrogen) atoms. The van der Waals surface area contributed by atoms with Gasteiger partial charge in [-0.05, 0) is 15.9 Å². The van der Waals surface area contributed by atoms with Crippen LogP contribution in [-0.4, -0.2) is 13.9 Å². The molecule has 1 N–H and O–H groups in total. The van der Waals surface area contributed by atoms with Gasteiger partial charge in [0.25, 0.3) is 0 Å². The molecule has 0 atom stereocenters. The summed E-state index contributed by atoms with van der Waals surface area (Å²) in [7, 11) is 0. The van der Waals surface area contributed by atoms with Gasteiger partial charge in [-0.15, -0.1) is 0 Å². The van der Waals surface area contributed by atoms with Gasteiger partial charge in [0, 0.05) is 0 Å². The van der Waals surface area contributed by atoms with Gasteiger partial charge in [-0.2, -0.15) is 0 Å². The molecule has 8 heteroatoms. The fourth-order valence-corrected chi connectivity index (χ4v) is 4.34. The average Bonchev–Trinajstić information content (AvgIpc) is 1.58. The summed E-state index contributed by atoms with van der Waals surface area (Å²) in [6, 6.07) is 0. The van der Waals surface area contributed by atoms with Crippen LogP contribution in [0.5, 0.6) is 0 Å². The summed E-state index contributed by atoms with van der Waals surface area (Å²) in [6.45, 7) is 0. The molecule has 0 radical (unpaired) electrons. The van der Waals surface area contributed by atoms with Crippen LogP contribution in [0.3, 0.4) is 0 Å². The Morgan fingerprint density at radius 2 is 0.818 bits per heavy atom. The number of halogens is 7. The lowest BCUT2D eigenvalue weighted by Crippen LogP contribution is -2.46. The highest BCUT2D eigenvalue weighted by molar-refractivity contribution is 9.42. The predicted octanol–water partition coefficient (Wildman–Crippen LogP) is 4.75. The van der Waals surface area contributed by atoms with Gasteiger partial charge in [-0.1, -0.05) is 95.6 Å². The highest BCUT2D eigenvalue weighted by Gasteiger charge is 2.56. The van der Waals surface area contributed by atoms with Gasteiger partial charge in [-0.3, -0.25) is 0 Å². The maximum absolute atomic E-state index is 9.82. The highest BCUT2D eigenvalue weighted by Crippen LogP contribution is 2.59. The van der Waals surface area contributed by atoms with Crippen molar-refractivity contribution in [2.24, 2.45) is 0 Å². The minimum absolute atomic E-state index is 0.851. The smallest absolute Gasteiger partial charge is 0.189 e. The molecule has 68 valence electrons. The number of aliphatic hydroxyl groups is 1. The van der Waals surface area contributed by atoms with Crippen LogP contribution in [0.1, 0.15) is 0 Å². The minimum atomic E-state index is -1.31. The van der Waals surface area contributed by atoms with Crippen molar-refractivity contribution < 1.29 is 5.11 Å². The Bertz CT molecular complexity index is 125. The van der Waals surface area contributed by atoms with Crippen LogP contribution in [0.25, 0.3) is 0 Å². The third-order valence-corrected chi connectivity index (χ3v) is 8.58. The lowest BCUT2D eigenvalue weighted by atomic mass is 10.5. The molecule has 0 aliphatic heterocycles. The van der Waals surface area contributed by atoms with Gasteiger partial charge in [0.2, 0.25) is 0 Å². The first kappa shape index (κ1) is 14.3. The van der Waals surface area contributed by atoms with E-state index in [0.717, 1.165) is 0 Å². The van der Waals surface area contributed by atoms with Crippen molar-refractivity contribution in [3.05, 3.63) is 0 Å². The standard InChI is InChI=1S/C3HBr7O/c4-1(11,2(5,6)7)3(8,9)10/h11H. The van der Waals surface area contributed by atoms with Gasteiger partial charge in [-0.25, -0.2) is 0 Å². The van der Waals surface area contributed by atoms with E-state index in [1.165, 1.54) is 0 Å². The summed E-state index contributed by atoms with van der Waals surface area (Å²) in [4.78, 5) is 0. The van der Waals surface area contributed by atoms with E-state index in [-0.39, 0.29) is 0 Å². The lowest BCUT2D eigenvalue weighted by molar-refractivity contribution is 0.175. The van der Waals surface area contributed by atoms with Crippen molar-refractivity contribution in [2.75, 3.05) is 0 Å². The molecule has 0 saturated heterocycles. The quantitative estimate of drug-likeness (QED) is 0.392. The van der Waals surface area contributed by atoms with Crippen molar-refractivity contribution in [3.63, 3.8) is 0 Å². The van der Waals surface area contributed by atoms with E-state index in [9.17, 15) is 5.11 Å². The van der Waals surface area contributed by atoms with Crippen molar-refractivity contribution >= 4 is 112 Å². The van der Waals surface area contributed by atoms with Gasteiger partial charge in [0.15, 0.2) is 8.80 Å². The van der Waals surface area contributed by atoms with E-state index in [1.54, 1.807) is 0 Å². The molecule has 0 aromatic heterocycles. The summed E-state index contributed by atoms with van der Waals surface area (Å²) in [5.41, 5.74) is 0. The number of rotatable bonds is 0. The third-order valence-electron chi connectivity index (χ3n) is 0.751. The number of hydrogen-bond acceptors (Lipinski definition) is 1. The second kappa shape index (κ2) is 4.45. The molecule has 0 bridgehead atoms. The topological polar surface area (TPSA) is 20.2 Å². The summed E-state index contributed by atoms with van der Waals surface area (Å²) in [6.07, 6.45) is 0. The molecule has 0 aromatic rings. The SMILES string of the molecule is OC(Br)(C(Br)(Br)Br)C(Br)(Br)Br. The van der Waals surface area contributed by atoms with E-state index in [0.29, 0.717) is 0 Å². The van der Waals surface area contributed by atoms with Crippen LogP contribution in [0.4, 0.5) is 0 Å². The Balaban J connectivity index is 4.75. The molecule has 1 nitrogen and oxygen atoms in total. The molecular weight excluding hydrogens is 611 g/mol. The van der Waals surface area contributed by atoms with Gasteiger partial charge < -0.3 is 5.11 Å². The Labute approximate surface area is 123 Å². The zero-order valence-corrected chi connectivity index (χ0v) is 15.7. The largest absolute Gasteiger partial charge is 0.373 e. The maximum Gasteiger partial charge on any atom is 0.189 e. The molecule has 0 aromatic carbocycles. The number of alkyl halides is 7. The predicted molar refractivity (Wildman–Crippen MR) is 72.9 cm³/mol. The molecule has 0 rings (SSSR count). The molecular formula is C3HBr7O. The highest BCUT2D eigenvalue weighted by atomic mass is 80.0. The minimum Gasteiger partial charge on any atom is -0.373 e. The van der Waals surface area contributed by atoms with Crippen LogP contribution in [-0.2, 0) is 0 Å². The first-order valence-corrected chi connectivity index (χ1v) is 7.60. The van der Waals surface area contributed by atoms with E-state index in [2.05, 4.69) is 112 Å². The zero-order valence-electron chi connectivity index (χ0n) is 4.59. The average molecular weight is 612 g/mol. The first-order chi connectivity index (χ1) is 4.50. The Kier molecular flexibility index (Phi) is 5.79. The van der Waals surface area contributed by atoms with Crippen LogP contribution in [0.15, 0.2) is 0 Å². The summed E-state index contributed by atoms with van der Waals surface area (Å²) >= 11 is 22.2. The van der Waals surface area contributed by atoms with Crippen molar-refractivity contribution in [2.45, 2.75) is 8.80 Å². The second-order valence-electron chi connectivity index (χ2n) is 1.62. The molecule has 0 amide bonds. The second-order valence-corrected chi connectivity index (χ2v) is 16.3. The van der Waals surface area contributed by atoms with Crippen LogP contribution in [0.2, 0.25) is 0 Å². The Morgan fingerprint density at radius 3 is 0.818 bits per heavy atom. The van der Waals surface area contributed by atoms with E-state index >= 15 is 0 Å². The molecule has 0 unspecified atom stereocenters. The summed E-state index contributed by atoms with van der Waals surface area (Å²) < 4.78 is -3.01. The lowest BCUT2D eigenvalue weighted by Gasteiger charge is -2.36. The zero-order chi connectivity index (χ0) is 9.50. The van der Waals surface area contributed by atoms with Crippen LogP contribution in [0, 0.1) is 0 Å². The van der Waals surface area contributed by atoms with Crippen LogP contribution >= 0.6 is 112 Å². The monoisotopic (exact) mass is 605 g/mol. The van der Waals surface area contributed by atoms with E-state index in [1.807, 2.05) is 0 Å². The molecule has 0 aliphatic rings. The molecule has 0 heterocycles. The van der Waals surface area contributed by atoms with Gasteiger partial charge >= 0.3 is 0 Å².